The summed E-state index contributed by atoms with van der Waals surface area (Å²) in [4.78, 5) is 32.5. The Kier molecular flexibility index (Phi) is 4.17. The average Bonchev–Trinajstić information content (AvgIpc) is 3.33. The van der Waals surface area contributed by atoms with E-state index in [-0.39, 0.29) is 5.91 Å². The van der Waals surface area contributed by atoms with E-state index in [1.807, 2.05) is 32.2 Å². The Morgan fingerprint density at radius 3 is 3.03 bits per heavy atom. The molecule has 4 aromatic rings. The van der Waals surface area contributed by atoms with Crippen molar-refractivity contribution >= 4 is 39.2 Å². The number of aromatic amines is 1. The third-order valence-electron chi connectivity index (χ3n) is 4.75. The van der Waals surface area contributed by atoms with Gasteiger partial charge >= 0.3 is 0 Å². The highest BCUT2D eigenvalue weighted by atomic mass is 32.1. The standard InChI is InChI=1S/C20H18N6O2S/c1-11-9-22-20(29-11)25-19(27)13-4-3-5-14-16(13)24-17(23-14)12-8-15-18(21-10-12)26(2)6-7-28-15/h3-5,8-10H,6-7H2,1-2H3,(H,23,24)(H,22,25,27). The number of para-hydroxylation sites is 1. The van der Waals surface area contributed by atoms with Crippen LogP contribution < -0.4 is 15.0 Å². The molecule has 3 aromatic heterocycles. The van der Waals surface area contributed by atoms with E-state index in [2.05, 4.69) is 30.2 Å². The van der Waals surface area contributed by atoms with Crippen molar-refractivity contribution in [1.29, 1.82) is 0 Å². The number of aryl methyl sites for hydroxylation is 1. The van der Waals surface area contributed by atoms with E-state index in [1.54, 1.807) is 18.5 Å². The summed E-state index contributed by atoms with van der Waals surface area (Å²) in [6.45, 7) is 3.37. The van der Waals surface area contributed by atoms with Crippen LogP contribution in [0.2, 0.25) is 0 Å². The van der Waals surface area contributed by atoms with Gasteiger partial charge in [0.15, 0.2) is 16.7 Å². The van der Waals surface area contributed by atoms with Gasteiger partial charge in [-0.15, -0.1) is 11.3 Å². The molecular weight excluding hydrogens is 388 g/mol. The fourth-order valence-electron chi connectivity index (χ4n) is 3.29. The monoisotopic (exact) mass is 406 g/mol. The van der Waals surface area contributed by atoms with Crippen LogP contribution in [0.25, 0.3) is 22.4 Å². The number of aromatic nitrogens is 4. The van der Waals surface area contributed by atoms with E-state index in [1.165, 1.54) is 11.3 Å². The summed E-state index contributed by atoms with van der Waals surface area (Å²) >= 11 is 1.43. The van der Waals surface area contributed by atoms with Crippen molar-refractivity contribution in [2.45, 2.75) is 6.92 Å². The number of fused-ring (bicyclic) bond motifs is 2. The molecule has 5 rings (SSSR count). The number of amides is 1. The molecule has 146 valence electrons. The quantitative estimate of drug-likeness (QED) is 0.541. The van der Waals surface area contributed by atoms with E-state index in [4.69, 9.17) is 4.74 Å². The first-order chi connectivity index (χ1) is 14.1. The lowest BCUT2D eigenvalue weighted by Gasteiger charge is -2.26. The van der Waals surface area contributed by atoms with Gasteiger partial charge < -0.3 is 14.6 Å². The molecule has 0 bridgehead atoms. The number of benzene rings is 1. The maximum Gasteiger partial charge on any atom is 0.259 e. The molecule has 0 radical (unpaired) electrons. The maximum absolute atomic E-state index is 12.8. The maximum atomic E-state index is 12.8. The molecule has 1 amide bonds. The molecule has 0 aliphatic carbocycles. The Hall–Kier alpha value is -3.46. The lowest BCUT2D eigenvalue weighted by Crippen LogP contribution is -2.29. The molecule has 0 unspecified atom stereocenters. The smallest absolute Gasteiger partial charge is 0.259 e. The number of H-pyrrole nitrogens is 1. The molecule has 4 heterocycles. The van der Waals surface area contributed by atoms with Crippen LogP contribution in [0, 0.1) is 6.92 Å². The van der Waals surface area contributed by atoms with Crippen molar-refractivity contribution in [3.63, 3.8) is 0 Å². The van der Waals surface area contributed by atoms with Crippen molar-refractivity contribution in [3.05, 3.63) is 47.1 Å². The number of likely N-dealkylation sites (N-methyl/N-ethyl adjacent to an activating group) is 1. The molecule has 0 saturated heterocycles. The first-order valence-corrected chi connectivity index (χ1v) is 9.97. The molecule has 1 aliphatic heterocycles. The van der Waals surface area contributed by atoms with E-state index in [0.29, 0.717) is 28.6 Å². The number of hydrogen-bond donors (Lipinski definition) is 2. The third kappa shape index (κ3) is 3.19. The second-order valence-electron chi connectivity index (χ2n) is 6.83. The van der Waals surface area contributed by atoms with Gasteiger partial charge in [0.1, 0.15) is 17.9 Å². The fourth-order valence-corrected chi connectivity index (χ4v) is 3.95. The number of ether oxygens (including phenoxy) is 1. The number of nitrogens with one attached hydrogen (secondary N) is 2. The molecule has 0 atom stereocenters. The number of nitrogens with zero attached hydrogens (tertiary/aromatic N) is 4. The van der Waals surface area contributed by atoms with Gasteiger partial charge in [0.2, 0.25) is 0 Å². The SMILES string of the molecule is Cc1cnc(NC(=O)c2cccc3[nH]c(-c4cnc5c(c4)OCCN5C)nc23)s1. The minimum atomic E-state index is -0.239. The zero-order chi connectivity index (χ0) is 20.0. The van der Waals surface area contributed by atoms with Gasteiger partial charge in [-0.25, -0.2) is 15.0 Å². The third-order valence-corrected chi connectivity index (χ3v) is 5.58. The van der Waals surface area contributed by atoms with Gasteiger partial charge in [-0.05, 0) is 25.1 Å². The Balaban J connectivity index is 1.51. The van der Waals surface area contributed by atoms with Gasteiger partial charge in [-0.3, -0.25) is 10.1 Å². The molecular formula is C20H18N6O2S. The van der Waals surface area contributed by atoms with Gasteiger partial charge in [-0.1, -0.05) is 6.07 Å². The highest BCUT2D eigenvalue weighted by Crippen LogP contribution is 2.32. The number of anilines is 2. The Labute approximate surface area is 170 Å². The molecule has 0 saturated carbocycles. The predicted octanol–water partition coefficient (Wildman–Crippen LogP) is 3.47. The first kappa shape index (κ1) is 17.6. The molecule has 0 fully saturated rings. The van der Waals surface area contributed by atoms with E-state index in [0.717, 1.165) is 34.1 Å². The lowest BCUT2D eigenvalue weighted by molar-refractivity contribution is 0.102. The van der Waals surface area contributed by atoms with Crippen LogP contribution in [0.15, 0.2) is 36.7 Å². The zero-order valence-electron chi connectivity index (χ0n) is 15.9. The fraction of sp³-hybridized carbons (Fsp3) is 0.200. The van der Waals surface area contributed by atoms with Crippen LogP contribution in [0.3, 0.4) is 0 Å². The molecule has 0 spiro atoms. The number of carbonyl (C=O) groups excluding carboxylic acids is 1. The van der Waals surface area contributed by atoms with Crippen LogP contribution in [0.5, 0.6) is 5.75 Å². The molecule has 29 heavy (non-hydrogen) atoms. The van der Waals surface area contributed by atoms with Crippen molar-refractivity contribution in [2.75, 3.05) is 30.4 Å². The first-order valence-electron chi connectivity index (χ1n) is 9.15. The largest absolute Gasteiger partial charge is 0.488 e. The molecule has 1 aliphatic rings. The average molecular weight is 406 g/mol. The van der Waals surface area contributed by atoms with Crippen molar-refractivity contribution in [3.8, 4) is 17.1 Å². The number of pyridine rings is 1. The van der Waals surface area contributed by atoms with Crippen LogP contribution in [-0.2, 0) is 0 Å². The van der Waals surface area contributed by atoms with Gasteiger partial charge in [0.05, 0.1) is 17.6 Å². The highest BCUT2D eigenvalue weighted by Gasteiger charge is 2.19. The van der Waals surface area contributed by atoms with E-state index < -0.39 is 0 Å². The normalized spacial score (nSPS) is 13.2. The molecule has 9 heteroatoms. The minimum Gasteiger partial charge on any atom is -0.488 e. The number of carbonyl (C=O) groups is 1. The zero-order valence-corrected chi connectivity index (χ0v) is 16.7. The van der Waals surface area contributed by atoms with Crippen LogP contribution in [-0.4, -0.2) is 46.0 Å². The Morgan fingerprint density at radius 1 is 1.31 bits per heavy atom. The van der Waals surface area contributed by atoms with Crippen molar-refractivity contribution < 1.29 is 9.53 Å². The summed E-state index contributed by atoms with van der Waals surface area (Å²) in [6.07, 6.45) is 3.50. The second kappa shape index (κ2) is 6.85. The molecule has 1 aromatic carbocycles. The van der Waals surface area contributed by atoms with Crippen molar-refractivity contribution in [1.82, 2.24) is 19.9 Å². The Bertz CT molecular complexity index is 1230. The summed E-state index contributed by atoms with van der Waals surface area (Å²) < 4.78 is 5.74. The highest BCUT2D eigenvalue weighted by molar-refractivity contribution is 7.15. The van der Waals surface area contributed by atoms with Gasteiger partial charge in [-0.2, -0.15) is 0 Å². The van der Waals surface area contributed by atoms with E-state index in [9.17, 15) is 4.79 Å². The van der Waals surface area contributed by atoms with Crippen LogP contribution in [0.1, 0.15) is 15.2 Å². The van der Waals surface area contributed by atoms with Crippen LogP contribution in [0.4, 0.5) is 10.9 Å². The summed E-state index contributed by atoms with van der Waals surface area (Å²) in [5.74, 6) is 1.94. The predicted molar refractivity (Wildman–Crippen MR) is 113 cm³/mol. The summed E-state index contributed by atoms with van der Waals surface area (Å²) in [5, 5.41) is 3.41. The summed E-state index contributed by atoms with van der Waals surface area (Å²) in [6, 6.07) is 7.40. The van der Waals surface area contributed by atoms with Gasteiger partial charge in [0, 0.05) is 29.9 Å². The van der Waals surface area contributed by atoms with Crippen molar-refractivity contribution in [2.24, 2.45) is 0 Å². The molecule has 8 nitrogen and oxygen atoms in total. The lowest BCUT2D eigenvalue weighted by atomic mass is 10.2. The molecule has 2 N–H and O–H groups in total. The minimum absolute atomic E-state index is 0.239. The van der Waals surface area contributed by atoms with E-state index >= 15 is 0 Å². The van der Waals surface area contributed by atoms with Gasteiger partial charge in [0.25, 0.3) is 5.91 Å². The number of hydrogen-bond acceptors (Lipinski definition) is 7. The number of imidazole rings is 1. The summed E-state index contributed by atoms with van der Waals surface area (Å²) in [5.41, 5.74) is 2.67. The number of thiazole rings is 1. The second-order valence-corrected chi connectivity index (χ2v) is 8.07. The number of rotatable bonds is 3. The topological polar surface area (TPSA) is 96.0 Å². The Morgan fingerprint density at radius 2 is 2.21 bits per heavy atom. The summed E-state index contributed by atoms with van der Waals surface area (Å²) in [7, 11) is 1.99. The van der Waals surface area contributed by atoms with Crippen LogP contribution >= 0.6 is 11.3 Å².